The molecule has 0 bridgehead atoms. The van der Waals surface area contributed by atoms with Gasteiger partial charge in [0.2, 0.25) is 0 Å². The minimum atomic E-state index is 0. The first-order chi connectivity index (χ1) is 4.88. The molecule has 0 aliphatic heterocycles. The van der Waals surface area contributed by atoms with Gasteiger partial charge in [-0.25, -0.2) is 12.1 Å². The number of aromatic nitrogens is 1. The van der Waals surface area contributed by atoms with Gasteiger partial charge in [0.05, 0.1) is 0 Å². The first-order valence-corrected chi connectivity index (χ1v) is 2.99. The van der Waals surface area contributed by atoms with Crippen molar-refractivity contribution in [2.75, 3.05) is 0 Å². The summed E-state index contributed by atoms with van der Waals surface area (Å²) in [4.78, 5) is 4.02. The van der Waals surface area contributed by atoms with Gasteiger partial charge in [-0.1, -0.05) is 18.9 Å². The van der Waals surface area contributed by atoms with Gasteiger partial charge in [0, 0.05) is 0 Å². The largest absolute Gasteiger partial charge is 1.00 e. The first-order valence-electron chi connectivity index (χ1n) is 2.99. The molecule has 1 aromatic heterocycles. The van der Waals surface area contributed by atoms with Crippen LogP contribution in [0.3, 0.4) is 0 Å². The molecule has 0 radical (unpaired) electrons. The maximum atomic E-state index is 4.02. The number of hydrogen-bond acceptors (Lipinski definition) is 1. The van der Waals surface area contributed by atoms with E-state index in [2.05, 4.69) is 24.2 Å². The number of pyridine rings is 1. The minimum absolute atomic E-state index is 0. The van der Waals surface area contributed by atoms with Gasteiger partial charge >= 0.3 is 51.4 Å². The Morgan fingerprint density at radius 3 is 2.42 bits per heavy atom. The van der Waals surface area contributed by atoms with Crippen molar-refractivity contribution in [1.82, 2.24) is 4.98 Å². The summed E-state index contributed by atoms with van der Waals surface area (Å²) in [6, 6.07) is 4.69. The Morgan fingerprint density at radius 2 is 2.00 bits per heavy atom. The second-order valence-electron chi connectivity index (χ2n) is 1.82. The maximum Gasteiger partial charge on any atom is 1.00 e. The summed E-state index contributed by atoms with van der Waals surface area (Å²) in [5.74, 6) is 0. The average Bonchev–Trinajstić information content (AvgIpc) is 2.04. The van der Waals surface area contributed by atoms with E-state index < -0.39 is 0 Å². The van der Waals surface area contributed by atoms with E-state index in [1.807, 2.05) is 6.07 Å². The van der Waals surface area contributed by atoms with Crippen LogP contribution in [0.2, 0.25) is 0 Å². The third-order valence-electron chi connectivity index (χ3n) is 1.23. The van der Waals surface area contributed by atoms with E-state index in [0.717, 1.165) is 11.3 Å². The van der Waals surface area contributed by atoms with Crippen LogP contribution in [0.4, 0.5) is 0 Å². The molecule has 0 unspecified atom stereocenters. The van der Waals surface area contributed by atoms with Crippen molar-refractivity contribution in [2.24, 2.45) is 0 Å². The zero-order valence-corrected chi connectivity index (χ0v) is 10.8. The summed E-state index contributed by atoms with van der Waals surface area (Å²) < 4.78 is 0. The van der Waals surface area contributed by atoms with E-state index in [1.165, 1.54) is 0 Å². The monoisotopic (exact) mass is 184 g/mol. The van der Waals surface area contributed by atoms with E-state index in [9.17, 15) is 0 Å². The first kappa shape index (κ1) is 14.8. The van der Waals surface area contributed by atoms with Crippen LogP contribution in [-0.4, -0.2) is 4.98 Å². The molecule has 0 aromatic carbocycles. The Labute approximate surface area is 117 Å². The van der Waals surface area contributed by atoms with E-state index in [4.69, 9.17) is 0 Å². The smallest absolute Gasteiger partial charge is 0.358 e. The van der Waals surface area contributed by atoms with Crippen LogP contribution in [0.1, 0.15) is 11.3 Å². The molecule has 0 fully saturated rings. The Hall–Kier alpha value is 0.266. The molecule has 1 aromatic rings. The fraction of sp³-hybridized carbons (Fsp3) is 0. The van der Waals surface area contributed by atoms with E-state index >= 15 is 0 Å². The van der Waals surface area contributed by atoms with Crippen molar-refractivity contribution in [3.05, 3.63) is 50.2 Å². The third kappa shape index (κ3) is 3.78. The third-order valence-corrected chi connectivity index (χ3v) is 1.23. The quantitative estimate of drug-likeness (QED) is 0.451. The molecule has 0 saturated carbocycles. The number of hydrogen-bond donors (Lipinski definition) is 0. The van der Waals surface area contributed by atoms with Gasteiger partial charge in [-0.2, -0.15) is 5.56 Å². The molecule has 12 heavy (non-hydrogen) atoms. The van der Waals surface area contributed by atoms with Crippen molar-refractivity contribution in [3.63, 3.8) is 0 Å². The Bertz CT molecular complexity index is 229. The van der Waals surface area contributed by atoms with Gasteiger partial charge in [0.25, 0.3) is 0 Å². The second kappa shape index (κ2) is 7.89. The molecule has 2 heteroatoms. The summed E-state index contributed by atoms with van der Waals surface area (Å²) >= 11 is 0. The fourth-order valence-corrected chi connectivity index (χ4v) is 0.716. The average molecular weight is 184 g/mol. The van der Waals surface area contributed by atoms with Crippen molar-refractivity contribution in [3.8, 4) is 0 Å². The van der Waals surface area contributed by atoms with Crippen molar-refractivity contribution in [1.29, 1.82) is 0 Å². The predicted octanol–water partition coefficient (Wildman–Crippen LogP) is -0.378. The summed E-state index contributed by atoms with van der Waals surface area (Å²) in [5, 5.41) is 0. The van der Waals surface area contributed by atoms with Gasteiger partial charge in [0.15, 0.2) is 0 Å². The molecule has 0 aliphatic carbocycles. The number of nitrogens with zero attached hydrogens (tertiary/aromatic N) is 1. The summed E-state index contributed by atoms with van der Waals surface area (Å²) in [6.07, 6.45) is 5.05. The fourth-order valence-electron chi connectivity index (χ4n) is 0.716. The van der Waals surface area contributed by atoms with E-state index in [-0.39, 0.29) is 58.8 Å². The van der Waals surface area contributed by atoms with E-state index in [0.29, 0.717) is 0 Å². The van der Waals surface area contributed by atoms with Crippen molar-refractivity contribution in [2.45, 2.75) is 0 Å². The van der Waals surface area contributed by atoms with Crippen LogP contribution in [0.5, 0.6) is 0 Å². The Kier molecular flexibility index (Phi) is 9.72. The standard InChI is InChI=1S/C9H8N.CH3.K/c1-3-8-6-5-7-10-9(8)4-2;;/h3-4,6-7H,1-2H2;1H3;/q2*-1;+1. The zero-order chi connectivity index (χ0) is 7.40. The molecular weight excluding hydrogens is 173 g/mol. The van der Waals surface area contributed by atoms with Crippen molar-refractivity contribution >= 4 is 12.2 Å². The Morgan fingerprint density at radius 1 is 1.33 bits per heavy atom. The minimum Gasteiger partial charge on any atom is -0.358 e. The van der Waals surface area contributed by atoms with Gasteiger partial charge in [-0.3, -0.25) is 4.98 Å². The molecule has 58 valence electrons. The second-order valence-corrected chi connectivity index (χ2v) is 1.82. The predicted molar refractivity (Wildman–Crippen MR) is 49.7 cm³/mol. The summed E-state index contributed by atoms with van der Waals surface area (Å²) in [5.41, 5.74) is 1.83. The molecular formula is C10H11KN-. The molecule has 0 amide bonds. The van der Waals surface area contributed by atoms with Crippen LogP contribution in [-0.2, 0) is 0 Å². The molecule has 0 N–H and O–H groups in total. The molecule has 1 rings (SSSR count). The molecule has 0 spiro atoms. The molecule has 0 saturated heterocycles. The zero-order valence-electron chi connectivity index (χ0n) is 7.67. The molecule has 0 atom stereocenters. The van der Waals surface area contributed by atoms with Crippen LogP contribution < -0.4 is 51.4 Å². The van der Waals surface area contributed by atoms with Gasteiger partial charge in [0.1, 0.15) is 0 Å². The van der Waals surface area contributed by atoms with Crippen LogP contribution in [0.25, 0.3) is 12.2 Å². The van der Waals surface area contributed by atoms with Crippen LogP contribution in [0.15, 0.2) is 25.4 Å². The summed E-state index contributed by atoms with van der Waals surface area (Å²) in [7, 11) is 0. The van der Waals surface area contributed by atoms with Crippen LogP contribution >= 0.6 is 0 Å². The molecule has 1 heterocycles. The topological polar surface area (TPSA) is 12.9 Å². The van der Waals surface area contributed by atoms with Gasteiger partial charge < -0.3 is 7.43 Å². The van der Waals surface area contributed by atoms with Crippen LogP contribution in [0, 0.1) is 13.5 Å². The normalized spacial score (nSPS) is 7.33. The summed E-state index contributed by atoms with van der Waals surface area (Å²) in [6.45, 7) is 7.25. The van der Waals surface area contributed by atoms with E-state index in [1.54, 1.807) is 18.3 Å². The Balaban J connectivity index is 0. The number of rotatable bonds is 2. The SMILES string of the molecule is C=Cc1c[c-]cnc1C=C.[CH3-].[K+]. The maximum absolute atomic E-state index is 4.02. The molecule has 1 nitrogen and oxygen atoms in total. The van der Waals surface area contributed by atoms with Crippen molar-refractivity contribution < 1.29 is 51.4 Å². The molecule has 0 aliphatic rings. The van der Waals surface area contributed by atoms with Gasteiger partial charge in [-0.15, -0.1) is 12.7 Å². The van der Waals surface area contributed by atoms with Gasteiger partial charge in [-0.05, 0) is 5.69 Å².